The highest BCUT2D eigenvalue weighted by Gasteiger charge is 2.33. The number of nitrogens with two attached hydrogens (primary N) is 1. The number of hydrogen-bond acceptors (Lipinski definition) is 2. The molecule has 0 aliphatic carbocycles. The second-order valence-electron chi connectivity index (χ2n) is 2.39. The van der Waals surface area contributed by atoms with E-state index < -0.39 is 11.7 Å². The zero-order chi connectivity index (χ0) is 10.2. The molecule has 0 heterocycles. The molecule has 0 atom stereocenters. The molecule has 13 heavy (non-hydrogen) atoms. The van der Waals surface area contributed by atoms with Gasteiger partial charge in [0, 0.05) is 9.37 Å². The molecule has 2 N–H and O–H groups in total. The average Bonchev–Trinajstić information content (AvgIpc) is 1.94. The second-order valence-corrected chi connectivity index (χ2v) is 3.76. The Labute approximate surface area is 86.7 Å². The fourth-order valence-electron chi connectivity index (χ4n) is 0.838. The van der Waals surface area contributed by atoms with Crippen molar-refractivity contribution >= 4 is 34.2 Å². The largest absolute Gasteiger partial charge is 0.418 e. The first-order chi connectivity index (χ1) is 5.82. The standard InChI is InChI=1S/C7H5BrF3NS/c8-5-2-3(13)1-4(6(5)12)7(9,10)11/h1-2,13H,12H2. The highest BCUT2D eigenvalue weighted by Crippen LogP contribution is 2.38. The summed E-state index contributed by atoms with van der Waals surface area (Å²) < 4.78 is 37.0. The molecule has 0 bridgehead atoms. The van der Waals surface area contributed by atoms with E-state index in [-0.39, 0.29) is 15.1 Å². The maximum Gasteiger partial charge on any atom is 0.418 e. The van der Waals surface area contributed by atoms with E-state index in [4.69, 9.17) is 5.73 Å². The molecule has 1 aromatic carbocycles. The number of nitrogen functional groups attached to an aromatic ring is 1. The predicted molar refractivity (Wildman–Crippen MR) is 50.8 cm³/mol. The Morgan fingerprint density at radius 1 is 1.31 bits per heavy atom. The maximum absolute atomic E-state index is 12.3. The van der Waals surface area contributed by atoms with Crippen molar-refractivity contribution in [3.63, 3.8) is 0 Å². The molecule has 1 rings (SSSR count). The third kappa shape index (κ3) is 2.31. The Kier molecular flexibility index (Phi) is 2.82. The lowest BCUT2D eigenvalue weighted by molar-refractivity contribution is -0.137. The lowest BCUT2D eigenvalue weighted by atomic mass is 10.2. The fraction of sp³-hybridized carbons (Fsp3) is 0.143. The van der Waals surface area contributed by atoms with Crippen LogP contribution in [0.3, 0.4) is 0 Å². The van der Waals surface area contributed by atoms with Crippen molar-refractivity contribution in [2.45, 2.75) is 11.1 Å². The molecular weight excluding hydrogens is 267 g/mol. The van der Waals surface area contributed by atoms with Gasteiger partial charge in [-0.25, -0.2) is 0 Å². The summed E-state index contributed by atoms with van der Waals surface area (Å²) in [6, 6.07) is 2.30. The molecule has 0 saturated carbocycles. The van der Waals surface area contributed by atoms with Crippen LogP contribution in [0.4, 0.5) is 18.9 Å². The van der Waals surface area contributed by atoms with Crippen LogP contribution in [0.5, 0.6) is 0 Å². The summed E-state index contributed by atoms with van der Waals surface area (Å²) in [7, 11) is 0. The highest BCUT2D eigenvalue weighted by molar-refractivity contribution is 9.10. The Morgan fingerprint density at radius 3 is 2.31 bits per heavy atom. The molecule has 0 fully saturated rings. The SMILES string of the molecule is Nc1c(Br)cc(S)cc1C(F)(F)F. The van der Waals surface area contributed by atoms with Gasteiger partial charge in [-0.15, -0.1) is 12.6 Å². The van der Waals surface area contributed by atoms with Gasteiger partial charge in [0.1, 0.15) is 0 Å². The van der Waals surface area contributed by atoms with Crippen molar-refractivity contribution in [3.05, 3.63) is 22.2 Å². The van der Waals surface area contributed by atoms with E-state index in [9.17, 15) is 13.2 Å². The van der Waals surface area contributed by atoms with Gasteiger partial charge in [0.25, 0.3) is 0 Å². The Morgan fingerprint density at radius 2 is 1.85 bits per heavy atom. The molecule has 0 saturated heterocycles. The number of hydrogen-bond donors (Lipinski definition) is 2. The molecule has 1 nitrogen and oxygen atoms in total. The van der Waals surface area contributed by atoms with Crippen LogP contribution in [0.1, 0.15) is 5.56 Å². The number of benzene rings is 1. The van der Waals surface area contributed by atoms with Gasteiger partial charge in [0.05, 0.1) is 11.3 Å². The molecule has 0 aliphatic rings. The Hall–Kier alpha value is -0.360. The van der Waals surface area contributed by atoms with Gasteiger partial charge in [-0.05, 0) is 28.1 Å². The van der Waals surface area contributed by atoms with E-state index in [1.165, 1.54) is 6.07 Å². The van der Waals surface area contributed by atoms with Crippen LogP contribution in [0, 0.1) is 0 Å². The third-order valence-electron chi connectivity index (χ3n) is 1.42. The normalized spacial score (nSPS) is 11.8. The van der Waals surface area contributed by atoms with Crippen molar-refractivity contribution in [2.24, 2.45) is 0 Å². The molecule has 0 spiro atoms. The van der Waals surface area contributed by atoms with Gasteiger partial charge in [-0.2, -0.15) is 13.2 Å². The van der Waals surface area contributed by atoms with Crippen molar-refractivity contribution in [1.82, 2.24) is 0 Å². The minimum absolute atomic E-state index is 0.201. The maximum atomic E-state index is 12.3. The van der Waals surface area contributed by atoms with Crippen molar-refractivity contribution < 1.29 is 13.2 Å². The lowest BCUT2D eigenvalue weighted by Crippen LogP contribution is -2.09. The molecule has 0 unspecified atom stereocenters. The minimum Gasteiger partial charge on any atom is -0.397 e. The van der Waals surface area contributed by atoms with Crippen LogP contribution < -0.4 is 5.73 Å². The summed E-state index contributed by atoms with van der Waals surface area (Å²) in [6.45, 7) is 0. The number of thiol groups is 1. The summed E-state index contributed by atoms with van der Waals surface area (Å²) in [5, 5.41) is 0. The van der Waals surface area contributed by atoms with Crippen LogP contribution in [-0.4, -0.2) is 0 Å². The van der Waals surface area contributed by atoms with Gasteiger partial charge in [0.2, 0.25) is 0 Å². The molecular formula is C7H5BrF3NS. The van der Waals surface area contributed by atoms with Crippen LogP contribution in [0.25, 0.3) is 0 Å². The first kappa shape index (κ1) is 10.7. The molecule has 0 amide bonds. The van der Waals surface area contributed by atoms with Crippen LogP contribution in [0.15, 0.2) is 21.5 Å². The highest BCUT2D eigenvalue weighted by atomic mass is 79.9. The van der Waals surface area contributed by atoms with E-state index in [1.54, 1.807) is 0 Å². The van der Waals surface area contributed by atoms with E-state index >= 15 is 0 Å². The summed E-state index contributed by atoms with van der Waals surface area (Å²) in [5.74, 6) is 0. The number of anilines is 1. The molecule has 0 aromatic heterocycles. The van der Waals surface area contributed by atoms with Crippen molar-refractivity contribution in [1.29, 1.82) is 0 Å². The first-order valence-electron chi connectivity index (χ1n) is 3.17. The van der Waals surface area contributed by atoms with Crippen molar-refractivity contribution in [2.75, 3.05) is 5.73 Å². The van der Waals surface area contributed by atoms with Gasteiger partial charge >= 0.3 is 6.18 Å². The van der Waals surface area contributed by atoms with Gasteiger partial charge < -0.3 is 5.73 Å². The Bertz CT molecular complexity index is 337. The minimum atomic E-state index is -4.44. The number of alkyl halides is 3. The second kappa shape index (κ2) is 3.42. The van der Waals surface area contributed by atoms with E-state index in [1.807, 2.05) is 0 Å². The fourth-order valence-corrected chi connectivity index (χ4v) is 1.73. The summed E-state index contributed by atoms with van der Waals surface area (Å²) in [6.07, 6.45) is -4.44. The third-order valence-corrected chi connectivity index (χ3v) is 2.33. The lowest BCUT2D eigenvalue weighted by Gasteiger charge is -2.11. The zero-order valence-corrected chi connectivity index (χ0v) is 8.67. The van der Waals surface area contributed by atoms with E-state index in [2.05, 4.69) is 28.6 Å². The first-order valence-corrected chi connectivity index (χ1v) is 4.41. The van der Waals surface area contributed by atoms with Crippen molar-refractivity contribution in [3.8, 4) is 0 Å². The molecule has 0 radical (unpaired) electrons. The predicted octanol–water partition coefficient (Wildman–Crippen LogP) is 3.34. The van der Waals surface area contributed by atoms with Gasteiger partial charge in [-0.1, -0.05) is 0 Å². The summed E-state index contributed by atoms with van der Waals surface area (Å²) in [5.41, 5.74) is 4.05. The van der Waals surface area contributed by atoms with Crippen LogP contribution in [0.2, 0.25) is 0 Å². The average molecular weight is 272 g/mol. The number of rotatable bonds is 0. The van der Waals surface area contributed by atoms with Gasteiger partial charge in [-0.3, -0.25) is 0 Å². The zero-order valence-electron chi connectivity index (χ0n) is 6.19. The summed E-state index contributed by atoms with van der Waals surface area (Å²) >= 11 is 6.73. The Balaban J connectivity index is 3.37. The van der Waals surface area contributed by atoms with Gasteiger partial charge in [0.15, 0.2) is 0 Å². The topological polar surface area (TPSA) is 26.0 Å². The number of halogens is 4. The smallest absolute Gasteiger partial charge is 0.397 e. The quantitative estimate of drug-likeness (QED) is 0.549. The molecule has 72 valence electrons. The summed E-state index contributed by atoms with van der Waals surface area (Å²) in [4.78, 5) is 0.216. The molecule has 0 aliphatic heterocycles. The van der Waals surface area contributed by atoms with Crippen LogP contribution >= 0.6 is 28.6 Å². The molecule has 1 aromatic rings. The monoisotopic (exact) mass is 271 g/mol. The van der Waals surface area contributed by atoms with Crippen LogP contribution in [-0.2, 0) is 6.18 Å². The molecule has 6 heteroatoms. The van der Waals surface area contributed by atoms with E-state index in [0.717, 1.165) is 6.07 Å². The van der Waals surface area contributed by atoms with E-state index in [0.29, 0.717) is 0 Å².